The predicted molar refractivity (Wildman–Crippen MR) is 70.6 cm³/mol. The van der Waals surface area contributed by atoms with Crippen molar-refractivity contribution in [1.82, 2.24) is 0 Å². The highest BCUT2D eigenvalue weighted by Crippen LogP contribution is 2.28. The summed E-state index contributed by atoms with van der Waals surface area (Å²) in [7, 11) is -1.54. The van der Waals surface area contributed by atoms with Crippen LogP contribution in [0.15, 0.2) is 35.2 Å². The van der Waals surface area contributed by atoms with Gasteiger partial charge < -0.3 is 10.0 Å². The molecule has 0 aliphatic heterocycles. The SMILES string of the molecule is CSc1c(B(O)O)c(Cl)cc2ccccc12. The van der Waals surface area contributed by atoms with Gasteiger partial charge in [-0.2, -0.15) is 0 Å². The number of thioether (sulfide) groups is 1. The molecule has 0 fully saturated rings. The molecule has 0 saturated heterocycles. The third-order valence-electron chi connectivity index (χ3n) is 2.45. The maximum absolute atomic E-state index is 9.33. The average molecular weight is 253 g/mol. The normalized spacial score (nSPS) is 10.8. The van der Waals surface area contributed by atoms with Crippen molar-refractivity contribution in [2.45, 2.75) is 4.90 Å². The first-order valence-electron chi connectivity index (χ1n) is 4.76. The van der Waals surface area contributed by atoms with Crippen molar-refractivity contribution in [1.29, 1.82) is 0 Å². The van der Waals surface area contributed by atoms with E-state index >= 15 is 0 Å². The van der Waals surface area contributed by atoms with Gasteiger partial charge in [-0.25, -0.2) is 0 Å². The van der Waals surface area contributed by atoms with Crippen LogP contribution < -0.4 is 5.46 Å². The number of fused-ring (bicyclic) bond motifs is 1. The van der Waals surface area contributed by atoms with Gasteiger partial charge in [0.15, 0.2) is 0 Å². The first-order chi connectivity index (χ1) is 7.65. The van der Waals surface area contributed by atoms with E-state index in [1.54, 1.807) is 6.07 Å². The molecule has 0 radical (unpaired) electrons. The van der Waals surface area contributed by atoms with Crippen LogP contribution in [0.3, 0.4) is 0 Å². The Kier molecular flexibility index (Phi) is 3.45. The van der Waals surface area contributed by atoms with Crippen LogP contribution in [0.1, 0.15) is 0 Å². The number of hydrogen-bond donors (Lipinski definition) is 2. The molecule has 5 heteroatoms. The molecule has 0 aliphatic rings. The first-order valence-corrected chi connectivity index (χ1v) is 6.36. The van der Waals surface area contributed by atoms with Gasteiger partial charge in [0.1, 0.15) is 0 Å². The number of hydrogen-bond acceptors (Lipinski definition) is 3. The second-order valence-corrected chi connectivity index (χ2v) is 4.62. The maximum atomic E-state index is 9.33. The minimum atomic E-state index is -1.54. The van der Waals surface area contributed by atoms with Gasteiger partial charge in [-0.3, -0.25) is 0 Å². The van der Waals surface area contributed by atoms with Gasteiger partial charge in [0.05, 0.1) is 0 Å². The van der Waals surface area contributed by atoms with Crippen LogP contribution in [0.2, 0.25) is 5.02 Å². The second-order valence-electron chi connectivity index (χ2n) is 3.40. The molecule has 0 spiro atoms. The topological polar surface area (TPSA) is 40.5 Å². The highest BCUT2D eigenvalue weighted by atomic mass is 35.5. The van der Waals surface area contributed by atoms with E-state index in [1.807, 2.05) is 30.5 Å². The van der Waals surface area contributed by atoms with Gasteiger partial charge in [-0.15, -0.1) is 11.8 Å². The molecule has 0 saturated carbocycles. The van der Waals surface area contributed by atoms with E-state index in [1.165, 1.54) is 11.8 Å². The summed E-state index contributed by atoms with van der Waals surface area (Å²) in [5.74, 6) is 0. The van der Waals surface area contributed by atoms with E-state index in [2.05, 4.69) is 0 Å². The van der Waals surface area contributed by atoms with E-state index in [0.29, 0.717) is 10.5 Å². The number of rotatable bonds is 2. The quantitative estimate of drug-likeness (QED) is 0.633. The molecule has 0 aromatic heterocycles. The van der Waals surface area contributed by atoms with Crippen molar-refractivity contribution in [2.24, 2.45) is 0 Å². The van der Waals surface area contributed by atoms with Crippen molar-refractivity contribution in [3.63, 3.8) is 0 Å². The van der Waals surface area contributed by atoms with Crippen molar-refractivity contribution >= 4 is 46.7 Å². The lowest BCUT2D eigenvalue weighted by Crippen LogP contribution is -2.32. The van der Waals surface area contributed by atoms with Gasteiger partial charge in [0.2, 0.25) is 0 Å². The Morgan fingerprint density at radius 2 is 1.94 bits per heavy atom. The summed E-state index contributed by atoms with van der Waals surface area (Å²) in [4.78, 5) is 0.818. The van der Waals surface area contributed by atoms with Gasteiger partial charge in [-0.05, 0) is 23.1 Å². The van der Waals surface area contributed by atoms with Crippen LogP contribution in [0.5, 0.6) is 0 Å². The minimum Gasteiger partial charge on any atom is -0.423 e. The molecular weight excluding hydrogens is 242 g/mol. The van der Waals surface area contributed by atoms with Crippen molar-refractivity contribution < 1.29 is 10.0 Å². The summed E-state index contributed by atoms with van der Waals surface area (Å²) in [5, 5.41) is 21.0. The summed E-state index contributed by atoms with van der Waals surface area (Å²) < 4.78 is 0. The van der Waals surface area contributed by atoms with E-state index in [4.69, 9.17) is 11.6 Å². The standard InChI is InChI=1S/C11H10BClO2S/c1-16-11-8-5-3-2-4-7(8)6-9(13)10(11)12(14)15/h2-6,14-15H,1H3. The van der Waals surface area contributed by atoms with Crippen LogP contribution in [-0.2, 0) is 0 Å². The van der Waals surface area contributed by atoms with Crippen molar-refractivity contribution in [2.75, 3.05) is 6.26 Å². The zero-order valence-corrected chi connectivity index (χ0v) is 10.2. The first kappa shape index (κ1) is 11.8. The number of benzene rings is 2. The molecule has 2 aromatic carbocycles. The fourth-order valence-corrected chi connectivity index (χ4v) is 2.96. The van der Waals surface area contributed by atoms with E-state index < -0.39 is 7.12 Å². The molecule has 2 aromatic rings. The Morgan fingerprint density at radius 1 is 1.25 bits per heavy atom. The predicted octanol–water partition coefficient (Wildman–Crippen LogP) is 1.89. The largest absolute Gasteiger partial charge is 0.491 e. The molecular formula is C11H10BClO2S. The Hall–Kier alpha value is -0.675. The van der Waals surface area contributed by atoms with E-state index in [9.17, 15) is 10.0 Å². The molecule has 0 aliphatic carbocycles. The smallest absolute Gasteiger partial charge is 0.423 e. The van der Waals surface area contributed by atoms with Gasteiger partial charge >= 0.3 is 7.12 Å². The van der Waals surface area contributed by atoms with Crippen LogP contribution in [-0.4, -0.2) is 23.4 Å². The van der Waals surface area contributed by atoms with Crippen LogP contribution in [0, 0.1) is 0 Å². The Labute approximate surface area is 103 Å². The zero-order chi connectivity index (χ0) is 11.7. The Balaban J connectivity index is 2.85. The fraction of sp³-hybridized carbons (Fsp3) is 0.0909. The molecule has 0 amide bonds. The molecule has 0 heterocycles. The third-order valence-corrected chi connectivity index (χ3v) is 3.61. The second kappa shape index (κ2) is 4.68. The Bertz CT molecular complexity index is 531. The maximum Gasteiger partial charge on any atom is 0.491 e. The van der Waals surface area contributed by atoms with Gasteiger partial charge in [0, 0.05) is 15.4 Å². The highest BCUT2D eigenvalue weighted by molar-refractivity contribution is 7.99. The molecule has 2 nitrogen and oxygen atoms in total. The van der Waals surface area contributed by atoms with Crippen LogP contribution in [0.25, 0.3) is 10.8 Å². The highest BCUT2D eigenvalue weighted by Gasteiger charge is 2.21. The van der Waals surface area contributed by atoms with Crippen LogP contribution >= 0.6 is 23.4 Å². The Morgan fingerprint density at radius 3 is 2.56 bits per heavy atom. The lowest BCUT2D eigenvalue weighted by molar-refractivity contribution is 0.425. The van der Waals surface area contributed by atoms with E-state index in [-0.39, 0.29) is 0 Å². The molecule has 0 unspecified atom stereocenters. The molecule has 2 rings (SSSR count). The van der Waals surface area contributed by atoms with Gasteiger partial charge in [0.25, 0.3) is 0 Å². The molecule has 0 atom stereocenters. The average Bonchev–Trinajstić information content (AvgIpc) is 2.26. The number of halogens is 1. The zero-order valence-electron chi connectivity index (χ0n) is 8.64. The lowest BCUT2D eigenvalue weighted by Gasteiger charge is -2.12. The summed E-state index contributed by atoms with van der Waals surface area (Å²) in [6.45, 7) is 0. The molecule has 82 valence electrons. The van der Waals surface area contributed by atoms with Gasteiger partial charge in [-0.1, -0.05) is 35.9 Å². The van der Waals surface area contributed by atoms with Crippen LogP contribution in [0.4, 0.5) is 0 Å². The summed E-state index contributed by atoms with van der Waals surface area (Å²) >= 11 is 7.51. The molecule has 16 heavy (non-hydrogen) atoms. The van der Waals surface area contributed by atoms with Crippen molar-refractivity contribution in [3.05, 3.63) is 35.4 Å². The van der Waals surface area contributed by atoms with Crippen molar-refractivity contribution in [3.8, 4) is 0 Å². The fourth-order valence-electron chi connectivity index (χ4n) is 1.76. The monoisotopic (exact) mass is 252 g/mol. The summed E-state index contributed by atoms with van der Waals surface area (Å²) in [6, 6.07) is 9.50. The summed E-state index contributed by atoms with van der Waals surface area (Å²) in [6.07, 6.45) is 1.89. The molecule has 0 bridgehead atoms. The third kappa shape index (κ3) is 1.94. The molecule has 2 N–H and O–H groups in total. The summed E-state index contributed by atoms with van der Waals surface area (Å²) in [5.41, 5.74) is 0.382. The van der Waals surface area contributed by atoms with E-state index in [0.717, 1.165) is 15.7 Å². The lowest BCUT2D eigenvalue weighted by atomic mass is 9.79. The minimum absolute atomic E-state index is 0.382.